The molecular weight excluding hydrogens is 182 g/mol. The van der Waals surface area contributed by atoms with Gasteiger partial charge in [0.25, 0.3) is 0 Å². The zero-order chi connectivity index (χ0) is 10.4. The maximum absolute atomic E-state index is 11.0. The molecule has 1 fully saturated rings. The summed E-state index contributed by atoms with van der Waals surface area (Å²) in [6, 6.07) is 0.133. The Morgan fingerprint density at radius 1 is 1.50 bits per heavy atom. The average molecular weight is 197 g/mol. The van der Waals surface area contributed by atoms with Crippen LogP contribution in [-0.2, 0) is 9.53 Å². The molecular formula is C9H15N3O2. The Bertz CT molecular complexity index is 240. The van der Waals surface area contributed by atoms with Crippen molar-refractivity contribution in [3.05, 3.63) is 10.4 Å². The molecule has 0 bridgehead atoms. The number of carbonyl (C=O) groups is 1. The first kappa shape index (κ1) is 10.9. The molecule has 5 heteroatoms. The van der Waals surface area contributed by atoms with Crippen LogP contribution in [0, 0.1) is 5.92 Å². The number of azide groups is 1. The van der Waals surface area contributed by atoms with Crippen LogP contribution in [0.25, 0.3) is 10.4 Å². The third kappa shape index (κ3) is 3.26. The van der Waals surface area contributed by atoms with Crippen molar-refractivity contribution >= 4 is 5.97 Å². The monoisotopic (exact) mass is 197 g/mol. The molecule has 0 aromatic heterocycles. The maximum Gasteiger partial charge on any atom is 0.305 e. The fourth-order valence-electron chi connectivity index (χ4n) is 1.86. The molecule has 0 atom stereocenters. The summed E-state index contributed by atoms with van der Waals surface area (Å²) < 4.78 is 4.61. The molecule has 1 rings (SSSR count). The van der Waals surface area contributed by atoms with E-state index in [0.717, 1.165) is 25.7 Å². The Hall–Kier alpha value is -1.22. The second-order valence-corrected chi connectivity index (χ2v) is 3.66. The highest BCUT2D eigenvalue weighted by atomic mass is 16.5. The number of hydrogen-bond acceptors (Lipinski definition) is 3. The number of rotatable bonds is 3. The number of carbonyl (C=O) groups excluding carboxylic acids is 1. The van der Waals surface area contributed by atoms with Crippen molar-refractivity contribution in [3.8, 4) is 0 Å². The van der Waals surface area contributed by atoms with Gasteiger partial charge in [-0.25, -0.2) is 0 Å². The van der Waals surface area contributed by atoms with Crippen LogP contribution in [0.15, 0.2) is 5.11 Å². The van der Waals surface area contributed by atoms with Gasteiger partial charge < -0.3 is 4.74 Å². The van der Waals surface area contributed by atoms with E-state index in [0.29, 0.717) is 12.3 Å². The summed E-state index contributed by atoms with van der Waals surface area (Å²) in [5.41, 5.74) is 8.25. The van der Waals surface area contributed by atoms with Gasteiger partial charge in [0.1, 0.15) is 0 Å². The van der Waals surface area contributed by atoms with Gasteiger partial charge in [0.05, 0.1) is 7.11 Å². The highest BCUT2D eigenvalue weighted by Crippen LogP contribution is 2.28. The summed E-state index contributed by atoms with van der Waals surface area (Å²) in [4.78, 5) is 13.8. The minimum Gasteiger partial charge on any atom is -0.469 e. The minimum atomic E-state index is -0.141. The van der Waals surface area contributed by atoms with E-state index >= 15 is 0 Å². The fourth-order valence-corrected chi connectivity index (χ4v) is 1.86. The number of esters is 1. The van der Waals surface area contributed by atoms with Crippen molar-refractivity contribution < 1.29 is 9.53 Å². The van der Waals surface area contributed by atoms with E-state index in [1.54, 1.807) is 0 Å². The van der Waals surface area contributed by atoms with Crippen LogP contribution in [0.3, 0.4) is 0 Å². The molecule has 0 saturated heterocycles. The number of nitrogens with zero attached hydrogens (tertiary/aromatic N) is 3. The molecule has 0 amide bonds. The SMILES string of the molecule is COC(=O)CC1CCC(N=[N+]=[N-])CC1. The van der Waals surface area contributed by atoms with Crippen LogP contribution in [0.1, 0.15) is 32.1 Å². The van der Waals surface area contributed by atoms with Gasteiger partial charge in [-0.1, -0.05) is 5.11 Å². The van der Waals surface area contributed by atoms with Crippen molar-refractivity contribution in [2.75, 3.05) is 7.11 Å². The smallest absolute Gasteiger partial charge is 0.305 e. The van der Waals surface area contributed by atoms with Crippen molar-refractivity contribution in [3.63, 3.8) is 0 Å². The van der Waals surface area contributed by atoms with E-state index in [4.69, 9.17) is 5.53 Å². The first-order chi connectivity index (χ1) is 6.76. The first-order valence-electron chi connectivity index (χ1n) is 4.87. The normalized spacial score (nSPS) is 26.4. The van der Waals surface area contributed by atoms with Crippen LogP contribution in [0.4, 0.5) is 0 Å². The van der Waals surface area contributed by atoms with Gasteiger partial charge in [-0.2, -0.15) is 0 Å². The van der Waals surface area contributed by atoms with E-state index in [2.05, 4.69) is 14.8 Å². The van der Waals surface area contributed by atoms with Gasteiger partial charge in [0.15, 0.2) is 0 Å². The predicted octanol–water partition coefficient (Wildman–Crippen LogP) is 2.42. The van der Waals surface area contributed by atoms with Gasteiger partial charge in [0.2, 0.25) is 0 Å². The van der Waals surface area contributed by atoms with Crippen molar-refractivity contribution in [2.24, 2.45) is 11.0 Å². The van der Waals surface area contributed by atoms with Gasteiger partial charge in [-0.3, -0.25) is 4.79 Å². The third-order valence-electron chi connectivity index (χ3n) is 2.71. The summed E-state index contributed by atoms with van der Waals surface area (Å²) in [5, 5.41) is 3.68. The maximum atomic E-state index is 11.0. The molecule has 1 aliphatic rings. The molecule has 0 aliphatic heterocycles. The summed E-state index contributed by atoms with van der Waals surface area (Å²) in [5.74, 6) is 0.268. The van der Waals surface area contributed by atoms with Crippen molar-refractivity contribution in [2.45, 2.75) is 38.1 Å². The Balaban J connectivity index is 2.28. The molecule has 1 aliphatic carbocycles. The van der Waals surface area contributed by atoms with E-state index in [1.807, 2.05) is 0 Å². The van der Waals surface area contributed by atoms with Crippen LogP contribution in [0.5, 0.6) is 0 Å². The lowest BCUT2D eigenvalue weighted by molar-refractivity contribution is -0.142. The van der Waals surface area contributed by atoms with Crippen LogP contribution >= 0.6 is 0 Å². The van der Waals surface area contributed by atoms with E-state index in [9.17, 15) is 4.79 Å². The zero-order valence-corrected chi connectivity index (χ0v) is 8.35. The molecule has 0 aromatic carbocycles. The molecule has 0 spiro atoms. The predicted molar refractivity (Wildman–Crippen MR) is 51.5 cm³/mol. The molecule has 14 heavy (non-hydrogen) atoms. The van der Waals surface area contributed by atoms with Crippen LogP contribution in [-0.4, -0.2) is 19.1 Å². The highest BCUT2D eigenvalue weighted by molar-refractivity contribution is 5.69. The number of hydrogen-bond donors (Lipinski definition) is 0. The van der Waals surface area contributed by atoms with Gasteiger partial charge in [-0.15, -0.1) is 0 Å². The third-order valence-corrected chi connectivity index (χ3v) is 2.71. The first-order valence-corrected chi connectivity index (χ1v) is 4.87. The van der Waals surface area contributed by atoms with Crippen LogP contribution < -0.4 is 0 Å². The zero-order valence-electron chi connectivity index (χ0n) is 8.35. The molecule has 0 N–H and O–H groups in total. The molecule has 0 radical (unpaired) electrons. The summed E-state index contributed by atoms with van der Waals surface area (Å²) >= 11 is 0. The Kier molecular flexibility index (Phi) is 4.26. The van der Waals surface area contributed by atoms with E-state index in [-0.39, 0.29) is 12.0 Å². The molecule has 0 heterocycles. The summed E-state index contributed by atoms with van der Waals surface area (Å²) in [6.07, 6.45) is 4.20. The largest absolute Gasteiger partial charge is 0.469 e. The van der Waals surface area contributed by atoms with Crippen LogP contribution in [0.2, 0.25) is 0 Å². The van der Waals surface area contributed by atoms with Gasteiger partial charge in [0, 0.05) is 17.4 Å². The van der Waals surface area contributed by atoms with Crippen molar-refractivity contribution in [1.82, 2.24) is 0 Å². The standard InChI is InChI=1S/C9H15N3O2/c1-14-9(13)6-7-2-4-8(5-3-7)11-12-10/h7-8H,2-6H2,1H3. The lowest BCUT2D eigenvalue weighted by Crippen LogP contribution is -2.19. The molecule has 78 valence electrons. The highest BCUT2D eigenvalue weighted by Gasteiger charge is 2.22. The summed E-state index contributed by atoms with van der Waals surface area (Å²) in [7, 11) is 1.41. The van der Waals surface area contributed by atoms with Gasteiger partial charge in [-0.05, 0) is 37.1 Å². The minimum absolute atomic E-state index is 0.133. The second kappa shape index (κ2) is 5.50. The number of methoxy groups -OCH3 is 1. The van der Waals surface area contributed by atoms with E-state index < -0.39 is 0 Å². The second-order valence-electron chi connectivity index (χ2n) is 3.66. The fraction of sp³-hybridized carbons (Fsp3) is 0.889. The Labute approximate surface area is 83.1 Å². The van der Waals surface area contributed by atoms with Gasteiger partial charge >= 0.3 is 5.97 Å². The molecule has 0 unspecified atom stereocenters. The lowest BCUT2D eigenvalue weighted by Gasteiger charge is -2.24. The molecule has 5 nitrogen and oxygen atoms in total. The lowest BCUT2D eigenvalue weighted by atomic mass is 9.84. The van der Waals surface area contributed by atoms with Crippen molar-refractivity contribution in [1.29, 1.82) is 0 Å². The average Bonchev–Trinajstić information content (AvgIpc) is 2.21. The van der Waals surface area contributed by atoms with E-state index in [1.165, 1.54) is 7.11 Å². The molecule has 1 saturated carbocycles. The quantitative estimate of drug-likeness (QED) is 0.301. The molecule has 0 aromatic rings. The number of ether oxygens (including phenoxy) is 1. The topological polar surface area (TPSA) is 75.1 Å². The Morgan fingerprint density at radius 2 is 2.14 bits per heavy atom. The Morgan fingerprint density at radius 3 is 2.64 bits per heavy atom. The summed E-state index contributed by atoms with van der Waals surface area (Å²) in [6.45, 7) is 0.